The molecule has 1 heterocycles. The van der Waals surface area contributed by atoms with Gasteiger partial charge in [-0.15, -0.1) is 0 Å². The summed E-state index contributed by atoms with van der Waals surface area (Å²) in [5.41, 5.74) is 0.354. The third kappa shape index (κ3) is 3.75. The van der Waals surface area contributed by atoms with Gasteiger partial charge in [0.1, 0.15) is 5.75 Å². The summed E-state index contributed by atoms with van der Waals surface area (Å²) in [5.74, 6) is -0.0700. The van der Waals surface area contributed by atoms with Crippen LogP contribution in [0, 0.1) is 0 Å². The van der Waals surface area contributed by atoms with Crippen molar-refractivity contribution < 1.29 is 13.5 Å². The first-order valence-corrected chi connectivity index (χ1v) is 8.07. The summed E-state index contributed by atoms with van der Waals surface area (Å²) >= 11 is 5.76. The van der Waals surface area contributed by atoms with Crippen LogP contribution >= 0.6 is 11.6 Å². The fourth-order valence-electron chi connectivity index (χ4n) is 2.07. The van der Waals surface area contributed by atoms with E-state index in [9.17, 15) is 13.5 Å². The quantitative estimate of drug-likeness (QED) is 0.843. The molecule has 0 aromatic heterocycles. The molecule has 0 unspecified atom stereocenters. The second-order valence-electron chi connectivity index (χ2n) is 4.59. The van der Waals surface area contributed by atoms with E-state index in [1.807, 2.05) is 0 Å². The molecule has 0 saturated carbocycles. The van der Waals surface area contributed by atoms with Gasteiger partial charge in [-0.3, -0.25) is 4.72 Å². The van der Waals surface area contributed by atoms with Crippen LogP contribution in [0.15, 0.2) is 18.2 Å². The van der Waals surface area contributed by atoms with Gasteiger partial charge in [-0.25, -0.2) is 0 Å². The molecule has 1 aromatic carbocycles. The fourth-order valence-corrected chi connectivity index (χ4v) is 3.54. The van der Waals surface area contributed by atoms with Gasteiger partial charge in [-0.05, 0) is 31.0 Å². The molecular weight excluding hydrogens is 288 g/mol. The Labute approximate surface area is 118 Å². The van der Waals surface area contributed by atoms with E-state index >= 15 is 0 Å². The van der Waals surface area contributed by atoms with Gasteiger partial charge in [0.15, 0.2) is 0 Å². The summed E-state index contributed by atoms with van der Waals surface area (Å²) in [4.78, 5) is 0. The van der Waals surface area contributed by atoms with Gasteiger partial charge in [0.2, 0.25) is 0 Å². The Morgan fingerprint density at radius 2 is 1.79 bits per heavy atom. The number of anilines is 1. The van der Waals surface area contributed by atoms with Crippen LogP contribution in [-0.4, -0.2) is 30.9 Å². The number of hydrogen-bond acceptors (Lipinski definition) is 3. The molecule has 1 aromatic rings. The standard InChI is InChI=1S/C12H17ClN2O3S/c13-11-9-10(5-6-12(11)16)14-19(17,18)15-7-3-1-2-4-8-15/h5-6,9,14,16H,1-4,7-8H2. The summed E-state index contributed by atoms with van der Waals surface area (Å²) in [5, 5.41) is 9.43. The van der Waals surface area contributed by atoms with Crippen LogP contribution in [0.2, 0.25) is 5.02 Å². The first-order chi connectivity index (χ1) is 8.99. The van der Waals surface area contributed by atoms with Gasteiger partial charge in [0.05, 0.1) is 10.7 Å². The Morgan fingerprint density at radius 3 is 2.37 bits per heavy atom. The first-order valence-electron chi connectivity index (χ1n) is 6.25. The molecule has 0 radical (unpaired) electrons. The van der Waals surface area contributed by atoms with Crippen LogP contribution in [-0.2, 0) is 10.2 Å². The number of phenols is 1. The normalized spacial score (nSPS) is 17.9. The molecule has 0 bridgehead atoms. The number of aromatic hydroxyl groups is 1. The number of benzene rings is 1. The van der Waals surface area contributed by atoms with Gasteiger partial charge < -0.3 is 5.11 Å². The zero-order chi connectivity index (χ0) is 13.9. The molecule has 1 fully saturated rings. The van der Waals surface area contributed by atoms with Crippen LogP contribution in [0.4, 0.5) is 5.69 Å². The Balaban J connectivity index is 2.13. The average molecular weight is 305 g/mol. The zero-order valence-corrected chi connectivity index (χ0v) is 12.0. The molecule has 2 N–H and O–H groups in total. The van der Waals surface area contributed by atoms with E-state index in [0.717, 1.165) is 25.7 Å². The van der Waals surface area contributed by atoms with Crippen molar-refractivity contribution in [3.05, 3.63) is 23.2 Å². The highest BCUT2D eigenvalue weighted by Crippen LogP contribution is 2.27. The monoisotopic (exact) mass is 304 g/mol. The van der Waals surface area contributed by atoms with Crippen LogP contribution < -0.4 is 4.72 Å². The molecule has 0 atom stereocenters. The average Bonchev–Trinajstić information content (AvgIpc) is 2.63. The van der Waals surface area contributed by atoms with Crippen molar-refractivity contribution in [3.63, 3.8) is 0 Å². The van der Waals surface area contributed by atoms with E-state index < -0.39 is 10.2 Å². The zero-order valence-electron chi connectivity index (χ0n) is 10.5. The van der Waals surface area contributed by atoms with E-state index in [-0.39, 0.29) is 10.8 Å². The summed E-state index contributed by atoms with van der Waals surface area (Å²) in [6, 6.07) is 4.24. The summed E-state index contributed by atoms with van der Waals surface area (Å²) in [6.45, 7) is 1.09. The summed E-state index contributed by atoms with van der Waals surface area (Å²) < 4.78 is 28.4. The maximum absolute atomic E-state index is 12.2. The van der Waals surface area contributed by atoms with Gasteiger partial charge in [-0.2, -0.15) is 12.7 Å². The van der Waals surface area contributed by atoms with Crippen molar-refractivity contribution in [2.24, 2.45) is 0 Å². The molecule has 1 aliphatic rings. The van der Waals surface area contributed by atoms with Gasteiger partial charge >= 0.3 is 10.2 Å². The summed E-state index contributed by atoms with van der Waals surface area (Å²) in [6.07, 6.45) is 3.91. The van der Waals surface area contributed by atoms with Crippen molar-refractivity contribution in [1.82, 2.24) is 4.31 Å². The molecule has 1 aliphatic heterocycles. The fraction of sp³-hybridized carbons (Fsp3) is 0.500. The molecule has 19 heavy (non-hydrogen) atoms. The highest BCUT2D eigenvalue weighted by molar-refractivity contribution is 7.90. The van der Waals surface area contributed by atoms with E-state index in [0.29, 0.717) is 18.8 Å². The van der Waals surface area contributed by atoms with Crippen molar-refractivity contribution in [1.29, 1.82) is 0 Å². The Bertz CT molecular complexity index is 540. The van der Waals surface area contributed by atoms with Crippen LogP contribution in [0.25, 0.3) is 0 Å². The molecule has 1 saturated heterocycles. The minimum absolute atomic E-state index is 0.0700. The number of halogens is 1. The minimum Gasteiger partial charge on any atom is -0.506 e. The lowest BCUT2D eigenvalue weighted by Crippen LogP contribution is -2.36. The molecule has 0 amide bonds. The number of nitrogens with zero attached hydrogens (tertiary/aromatic N) is 1. The van der Waals surface area contributed by atoms with Gasteiger partial charge in [-0.1, -0.05) is 24.4 Å². The minimum atomic E-state index is -3.55. The molecule has 0 aliphatic carbocycles. The SMILES string of the molecule is O=S(=O)(Nc1ccc(O)c(Cl)c1)N1CCCCCC1. The third-order valence-corrected chi connectivity index (χ3v) is 4.94. The topological polar surface area (TPSA) is 69.6 Å². The molecule has 5 nitrogen and oxygen atoms in total. The Kier molecular flexibility index (Phi) is 4.54. The van der Waals surface area contributed by atoms with Crippen molar-refractivity contribution >= 4 is 27.5 Å². The summed E-state index contributed by atoms with van der Waals surface area (Å²) in [7, 11) is -3.55. The predicted octanol–water partition coefficient (Wildman–Crippen LogP) is 2.58. The van der Waals surface area contributed by atoms with Crippen LogP contribution in [0.3, 0.4) is 0 Å². The van der Waals surface area contributed by atoms with E-state index in [1.54, 1.807) is 0 Å². The van der Waals surface area contributed by atoms with E-state index in [1.165, 1.54) is 22.5 Å². The molecule has 7 heteroatoms. The van der Waals surface area contributed by atoms with Crippen molar-refractivity contribution in [2.45, 2.75) is 25.7 Å². The molecular formula is C12H17ClN2O3S. The number of rotatable bonds is 3. The Hall–Kier alpha value is -0.980. The largest absolute Gasteiger partial charge is 0.506 e. The highest BCUT2D eigenvalue weighted by atomic mass is 35.5. The number of nitrogens with one attached hydrogen (secondary N) is 1. The van der Waals surface area contributed by atoms with Gasteiger partial charge in [0, 0.05) is 13.1 Å². The first kappa shape index (κ1) is 14.4. The third-order valence-electron chi connectivity index (χ3n) is 3.10. The predicted molar refractivity (Wildman–Crippen MR) is 75.7 cm³/mol. The second kappa shape index (κ2) is 5.98. The van der Waals surface area contributed by atoms with Crippen LogP contribution in [0.5, 0.6) is 5.75 Å². The second-order valence-corrected chi connectivity index (χ2v) is 6.66. The Morgan fingerprint density at radius 1 is 1.16 bits per heavy atom. The van der Waals surface area contributed by atoms with Crippen molar-refractivity contribution in [3.8, 4) is 5.75 Å². The molecule has 2 rings (SSSR count). The van der Waals surface area contributed by atoms with Crippen LogP contribution in [0.1, 0.15) is 25.7 Å². The maximum atomic E-state index is 12.2. The number of hydrogen-bond donors (Lipinski definition) is 2. The smallest absolute Gasteiger partial charge is 0.301 e. The lowest BCUT2D eigenvalue weighted by atomic mass is 10.2. The molecule has 106 valence electrons. The number of phenolic OH excluding ortho intramolecular Hbond substituents is 1. The van der Waals surface area contributed by atoms with Crippen molar-refractivity contribution in [2.75, 3.05) is 17.8 Å². The lowest BCUT2D eigenvalue weighted by molar-refractivity contribution is 0.427. The molecule has 0 spiro atoms. The van der Waals surface area contributed by atoms with Gasteiger partial charge in [0.25, 0.3) is 0 Å². The highest BCUT2D eigenvalue weighted by Gasteiger charge is 2.22. The van der Waals surface area contributed by atoms with E-state index in [4.69, 9.17) is 11.6 Å². The lowest BCUT2D eigenvalue weighted by Gasteiger charge is -2.20. The maximum Gasteiger partial charge on any atom is 0.301 e. The van der Waals surface area contributed by atoms with E-state index in [2.05, 4.69) is 4.72 Å².